The molecule has 1 atom stereocenters. The average Bonchev–Trinajstić information content (AvgIpc) is 2.67. The van der Waals surface area contributed by atoms with E-state index < -0.39 is 17.9 Å². The van der Waals surface area contributed by atoms with Gasteiger partial charge in [0.1, 0.15) is 5.56 Å². The molecule has 9 heteroatoms. The first kappa shape index (κ1) is 23.4. The fraction of sp³-hybridized carbons (Fsp3) is 0.235. The van der Waals surface area contributed by atoms with Gasteiger partial charge in [-0.05, 0) is 18.2 Å². The minimum absolute atomic E-state index is 0. The van der Waals surface area contributed by atoms with Crippen LogP contribution in [-0.2, 0) is 14.3 Å². The highest BCUT2D eigenvalue weighted by atomic mass is 127. The number of amides is 1. The van der Waals surface area contributed by atoms with Gasteiger partial charge in [0, 0.05) is 25.4 Å². The number of aromatic nitrogens is 2. The van der Waals surface area contributed by atoms with Gasteiger partial charge in [-0.2, -0.15) is 4.57 Å². The molecule has 0 aliphatic heterocycles. The maximum atomic E-state index is 11.2. The third-order valence-electron chi connectivity index (χ3n) is 3.18. The van der Waals surface area contributed by atoms with E-state index in [0.29, 0.717) is 11.1 Å². The van der Waals surface area contributed by atoms with Crippen LogP contribution < -0.4 is 34.3 Å². The molecule has 2 N–H and O–H groups in total. The molecule has 0 spiro atoms. The summed E-state index contributed by atoms with van der Waals surface area (Å²) in [6.45, 7) is 1.66. The quantitative estimate of drug-likeness (QED) is 0.303. The van der Waals surface area contributed by atoms with Crippen molar-refractivity contribution in [2.24, 2.45) is 5.73 Å². The molecule has 2 aromatic rings. The van der Waals surface area contributed by atoms with Crippen LogP contribution in [0.3, 0.4) is 0 Å². The lowest BCUT2D eigenvalue weighted by atomic mass is 10.2. The summed E-state index contributed by atoms with van der Waals surface area (Å²) in [4.78, 5) is 36.6. The van der Waals surface area contributed by atoms with E-state index in [9.17, 15) is 14.4 Å². The van der Waals surface area contributed by atoms with Crippen molar-refractivity contribution < 1.29 is 52.4 Å². The van der Waals surface area contributed by atoms with Crippen molar-refractivity contribution in [2.45, 2.75) is 13.0 Å². The van der Waals surface area contributed by atoms with Gasteiger partial charge in [0.2, 0.25) is 6.04 Å². The number of carbonyl (C=O) groups excluding carboxylic acids is 3. The van der Waals surface area contributed by atoms with Crippen LogP contribution >= 0.6 is 0 Å². The number of halogens is 1. The van der Waals surface area contributed by atoms with E-state index in [0.717, 1.165) is 0 Å². The highest BCUT2D eigenvalue weighted by molar-refractivity contribution is 5.89. The third kappa shape index (κ3) is 7.13. The van der Waals surface area contributed by atoms with Crippen molar-refractivity contribution >= 4 is 17.8 Å². The lowest BCUT2D eigenvalue weighted by Gasteiger charge is -2.03. The smallest absolute Gasteiger partial charge is 0.343 e. The highest BCUT2D eigenvalue weighted by Gasteiger charge is 2.20. The summed E-state index contributed by atoms with van der Waals surface area (Å²) in [6, 6.07) is 6.11. The SMILES string of the molecule is COC(=O)c1ccc[n+](C(C)C(N)=O)c1.COC(=O)c1cccnc1.[I-]. The summed E-state index contributed by atoms with van der Waals surface area (Å²) in [5.41, 5.74) is 6.01. The molecule has 0 saturated carbocycles. The maximum Gasteiger partial charge on any atom is 0.343 e. The fourth-order valence-corrected chi connectivity index (χ4v) is 1.72. The molecule has 0 bridgehead atoms. The summed E-state index contributed by atoms with van der Waals surface area (Å²) >= 11 is 0. The first-order valence-corrected chi connectivity index (χ1v) is 7.27. The molecular formula is C17H20IN3O5. The summed E-state index contributed by atoms with van der Waals surface area (Å²) in [6.07, 6.45) is 6.27. The topological polar surface area (TPSA) is 112 Å². The Morgan fingerprint density at radius 2 is 1.65 bits per heavy atom. The van der Waals surface area contributed by atoms with Crippen LogP contribution in [0.25, 0.3) is 0 Å². The second-order valence-electron chi connectivity index (χ2n) is 4.84. The van der Waals surface area contributed by atoms with Gasteiger partial charge >= 0.3 is 11.9 Å². The van der Waals surface area contributed by atoms with E-state index >= 15 is 0 Å². The lowest BCUT2D eigenvalue weighted by molar-refractivity contribution is -0.706. The lowest BCUT2D eigenvalue weighted by Crippen LogP contribution is -3.00. The van der Waals surface area contributed by atoms with Crippen LogP contribution in [0.5, 0.6) is 0 Å². The molecule has 0 fully saturated rings. The molecule has 2 aromatic heterocycles. The van der Waals surface area contributed by atoms with Gasteiger partial charge in [0.15, 0.2) is 12.4 Å². The Bertz CT molecular complexity index is 740. The Balaban J connectivity index is 0.000000497. The molecule has 2 heterocycles. The zero-order chi connectivity index (χ0) is 18.8. The summed E-state index contributed by atoms with van der Waals surface area (Å²) < 4.78 is 10.6. The molecule has 0 radical (unpaired) electrons. The summed E-state index contributed by atoms with van der Waals surface area (Å²) in [5.74, 6) is -1.25. The monoisotopic (exact) mass is 473 g/mol. The van der Waals surface area contributed by atoms with Crippen molar-refractivity contribution in [2.75, 3.05) is 14.2 Å². The molecule has 26 heavy (non-hydrogen) atoms. The minimum atomic E-state index is -0.491. The number of hydrogen-bond donors (Lipinski definition) is 1. The predicted molar refractivity (Wildman–Crippen MR) is 87.5 cm³/mol. The van der Waals surface area contributed by atoms with Gasteiger partial charge in [-0.1, -0.05) is 0 Å². The van der Waals surface area contributed by atoms with Gasteiger partial charge in [0.05, 0.1) is 19.8 Å². The Morgan fingerprint density at radius 3 is 2.15 bits per heavy atom. The average molecular weight is 473 g/mol. The Hall–Kier alpha value is -2.56. The Kier molecular flexibility index (Phi) is 10.7. The maximum absolute atomic E-state index is 11.2. The first-order chi connectivity index (χ1) is 11.9. The van der Waals surface area contributed by atoms with Crippen LogP contribution in [0, 0.1) is 0 Å². The van der Waals surface area contributed by atoms with Crippen molar-refractivity contribution in [3.8, 4) is 0 Å². The van der Waals surface area contributed by atoms with E-state index in [1.54, 1.807) is 48.1 Å². The van der Waals surface area contributed by atoms with Gasteiger partial charge < -0.3 is 39.2 Å². The molecule has 8 nitrogen and oxygen atoms in total. The van der Waals surface area contributed by atoms with Gasteiger partial charge in [-0.25, -0.2) is 9.59 Å². The van der Waals surface area contributed by atoms with E-state index in [-0.39, 0.29) is 29.9 Å². The van der Waals surface area contributed by atoms with Crippen LogP contribution in [0.4, 0.5) is 0 Å². The number of ether oxygens (including phenoxy) is 2. The van der Waals surface area contributed by atoms with E-state index in [2.05, 4.69) is 14.5 Å². The molecule has 1 unspecified atom stereocenters. The normalized spacial score (nSPS) is 10.3. The number of hydrogen-bond acceptors (Lipinski definition) is 6. The number of pyridine rings is 2. The number of primary amides is 1. The summed E-state index contributed by atoms with van der Waals surface area (Å²) in [5, 5.41) is 0. The number of nitrogens with two attached hydrogens (primary N) is 1. The minimum Gasteiger partial charge on any atom is -1.00 e. The molecule has 1 amide bonds. The number of nitrogens with zero attached hydrogens (tertiary/aromatic N) is 2. The molecular weight excluding hydrogens is 453 g/mol. The Morgan fingerprint density at radius 1 is 1.08 bits per heavy atom. The van der Waals surface area contributed by atoms with Crippen molar-refractivity contribution in [3.05, 3.63) is 60.2 Å². The van der Waals surface area contributed by atoms with Crippen molar-refractivity contribution in [1.29, 1.82) is 0 Å². The van der Waals surface area contributed by atoms with Gasteiger partial charge in [-0.3, -0.25) is 9.78 Å². The van der Waals surface area contributed by atoms with Crippen LogP contribution in [0.15, 0.2) is 49.1 Å². The van der Waals surface area contributed by atoms with Crippen LogP contribution in [0.1, 0.15) is 33.7 Å². The fourth-order valence-electron chi connectivity index (χ4n) is 1.72. The standard InChI is InChI=1S/C10H12N2O3.C7H7NO2.HI/c1-7(9(11)13)12-5-3-4-8(6-12)10(14)15-2;1-10-7(9)6-3-2-4-8-5-6;/h3-7H,1-2H3,(H-,11,13);2-5H,1H3;1H. The van der Waals surface area contributed by atoms with Gasteiger partial charge in [-0.15, -0.1) is 0 Å². The van der Waals surface area contributed by atoms with Crippen molar-refractivity contribution in [3.63, 3.8) is 0 Å². The van der Waals surface area contributed by atoms with Gasteiger partial charge in [0.25, 0.3) is 5.91 Å². The van der Waals surface area contributed by atoms with Crippen LogP contribution in [0.2, 0.25) is 0 Å². The Labute approximate surface area is 168 Å². The number of carbonyl (C=O) groups is 3. The van der Waals surface area contributed by atoms with E-state index in [4.69, 9.17) is 5.73 Å². The first-order valence-electron chi connectivity index (χ1n) is 7.27. The molecule has 0 aliphatic carbocycles. The third-order valence-corrected chi connectivity index (χ3v) is 3.18. The van der Waals surface area contributed by atoms with Crippen molar-refractivity contribution in [1.82, 2.24) is 4.98 Å². The molecule has 0 aromatic carbocycles. The summed E-state index contributed by atoms with van der Waals surface area (Å²) in [7, 11) is 2.65. The largest absolute Gasteiger partial charge is 1.00 e. The molecule has 2 rings (SSSR count). The second-order valence-corrected chi connectivity index (χ2v) is 4.84. The van der Waals surface area contributed by atoms with E-state index in [1.807, 2.05) is 0 Å². The van der Waals surface area contributed by atoms with Crippen LogP contribution in [-0.4, -0.2) is 37.0 Å². The highest BCUT2D eigenvalue weighted by Crippen LogP contribution is 2.00. The number of methoxy groups -OCH3 is 2. The molecule has 0 saturated heterocycles. The molecule has 140 valence electrons. The zero-order valence-corrected chi connectivity index (χ0v) is 16.7. The number of rotatable bonds is 4. The van der Waals surface area contributed by atoms with E-state index in [1.165, 1.54) is 26.6 Å². The molecule has 0 aliphatic rings. The second kappa shape index (κ2) is 11.9. The number of esters is 2. The zero-order valence-electron chi connectivity index (χ0n) is 14.6. The predicted octanol–water partition coefficient (Wildman–Crippen LogP) is -2.32.